The molecule has 0 saturated carbocycles. The Morgan fingerprint density at radius 1 is 1.38 bits per heavy atom. The first-order valence-corrected chi connectivity index (χ1v) is 6.70. The highest BCUT2D eigenvalue weighted by Gasteiger charge is 2.20. The lowest BCUT2D eigenvalue weighted by atomic mass is 10.1. The molecule has 0 bridgehead atoms. The minimum absolute atomic E-state index is 0. The van der Waals surface area contributed by atoms with Crippen LogP contribution in [0.4, 0.5) is 8.78 Å². The van der Waals surface area contributed by atoms with E-state index in [-0.39, 0.29) is 29.8 Å². The molecule has 1 aromatic carbocycles. The summed E-state index contributed by atoms with van der Waals surface area (Å²) in [6, 6.07) is 4.03. The fraction of sp³-hybridized carbons (Fsp3) is 0.462. The summed E-state index contributed by atoms with van der Waals surface area (Å²) in [7, 11) is 0. The molecule has 1 aliphatic rings. The van der Waals surface area contributed by atoms with Gasteiger partial charge in [-0.1, -0.05) is 11.6 Å². The maximum absolute atomic E-state index is 12.3. The summed E-state index contributed by atoms with van der Waals surface area (Å²) in [6.07, 6.45) is 1.61. The molecule has 1 saturated heterocycles. The number of hydrogen-bond acceptors (Lipinski definition) is 3. The second-order valence-corrected chi connectivity index (χ2v) is 4.95. The number of amides is 1. The zero-order chi connectivity index (χ0) is 14.5. The van der Waals surface area contributed by atoms with Crippen LogP contribution < -0.4 is 15.4 Å². The monoisotopic (exact) mass is 340 g/mol. The lowest BCUT2D eigenvalue weighted by Gasteiger charge is -2.24. The number of carbonyl (C=O) groups is 1. The first kappa shape index (κ1) is 17.9. The summed E-state index contributed by atoms with van der Waals surface area (Å²) in [5.41, 5.74) is 0.0244. The number of piperidine rings is 1. The number of alkyl halides is 2. The highest BCUT2D eigenvalue weighted by molar-refractivity contribution is 6.31. The molecule has 1 amide bonds. The van der Waals surface area contributed by atoms with Crippen molar-refractivity contribution in [3.8, 4) is 5.75 Å². The second kappa shape index (κ2) is 8.36. The maximum atomic E-state index is 12.3. The molecule has 0 aliphatic carbocycles. The summed E-state index contributed by atoms with van der Waals surface area (Å²) >= 11 is 5.81. The normalized spacial score (nSPS) is 15.4. The number of hydrogen-bond donors (Lipinski definition) is 2. The van der Waals surface area contributed by atoms with Gasteiger partial charge in [0.05, 0.1) is 5.56 Å². The first-order valence-electron chi connectivity index (χ1n) is 6.32. The topological polar surface area (TPSA) is 50.4 Å². The summed E-state index contributed by atoms with van der Waals surface area (Å²) < 4.78 is 29.0. The third kappa shape index (κ3) is 5.30. The van der Waals surface area contributed by atoms with Crippen molar-refractivity contribution in [1.29, 1.82) is 0 Å². The van der Waals surface area contributed by atoms with Crippen LogP contribution >= 0.6 is 24.0 Å². The Labute approximate surface area is 132 Å². The van der Waals surface area contributed by atoms with Crippen LogP contribution in [0.1, 0.15) is 23.2 Å². The van der Waals surface area contributed by atoms with Crippen molar-refractivity contribution in [2.75, 3.05) is 13.1 Å². The molecule has 1 heterocycles. The molecule has 1 aliphatic heterocycles. The molecule has 8 heteroatoms. The average Bonchev–Trinajstić information content (AvgIpc) is 2.41. The fourth-order valence-corrected chi connectivity index (χ4v) is 2.28. The van der Waals surface area contributed by atoms with Crippen molar-refractivity contribution in [3.63, 3.8) is 0 Å². The van der Waals surface area contributed by atoms with Crippen LogP contribution in [0.5, 0.6) is 5.75 Å². The molecular formula is C13H16Cl2F2N2O2. The van der Waals surface area contributed by atoms with E-state index in [0.717, 1.165) is 25.9 Å². The van der Waals surface area contributed by atoms with E-state index in [1.165, 1.54) is 18.2 Å². The number of ether oxygens (including phenoxy) is 1. The number of halogens is 4. The van der Waals surface area contributed by atoms with Crippen molar-refractivity contribution in [1.82, 2.24) is 10.6 Å². The summed E-state index contributed by atoms with van der Waals surface area (Å²) in [5.74, 6) is -0.620. The van der Waals surface area contributed by atoms with Gasteiger partial charge < -0.3 is 15.4 Å². The van der Waals surface area contributed by atoms with E-state index in [0.29, 0.717) is 5.02 Å². The van der Waals surface area contributed by atoms with Crippen molar-refractivity contribution in [3.05, 3.63) is 28.8 Å². The summed E-state index contributed by atoms with van der Waals surface area (Å²) in [5, 5.41) is 6.29. The van der Waals surface area contributed by atoms with Crippen molar-refractivity contribution < 1.29 is 18.3 Å². The van der Waals surface area contributed by atoms with E-state index in [4.69, 9.17) is 11.6 Å². The highest BCUT2D eigenvalue weighted by Crippen LogP contribution is 2.24. The molecule has 0 radical (unpaired) electrons. The van der Waals surface area contributed by atoms with Crippen LogP contribution in [0.25, 0.3) is 0 Å². The van der Waals surface area contributed by atoms with E-state index in [2.05, 4.69) is 15.4 Å². The Balaban J connectivity index is 0.00000220. The minimum Gasteiger partial charge on any atom is -0.434 e. The van der Waals surface area contributed by atoms with Gasteiger partial charge in [0.15, 0.2) is 0 Å². The van der Waals surface area contributed by atoms with E-state index in [9.17, 15) is 13.6 Å². The van der Waals surface area contributed by atoms with Crippen molar-refractivity contribution in [2.24, 2.45) is 0 Å². The number of benzene rings is 1. The SMILES string of the molecule is Cl.O=C(NC1CCNCC1)c1cc(Cl)ccc1OC(F)F. The van der Waals surface area contributed by atoms with Crippen LogP contribution in [-0.4, -0.2) is 31.7 Å². The van der Waals surface area contributed by atoms with Crippen LogP contribution in [0, 0.1) is 0 Å². The zero-order valence-electron chi connectivity index (χ0n) is 11.1. The Hall–Kier alpha value is -1.11. The van der Waals surface area contributed by atoms with Gasteiger partial charge in [-0.25, -0.2) is 0 Å². The maximum Gasteiger partial charge on any atom is 0.387 e. The quantitative estimate of drug-likeness (QED) is 0.886. The smallest absolute Gasteiger partial charge is 0.387 e. The summed E-state index contributed by atoms with van der Waals surface area (Å²) in [6.45, 7) is -1.34. The van der Waals surface area contributed by atoms with Gasteiger partial charge in [-0.05, 0) is 44.1 Å². The molecule has 2 N–H and O–H groups in total. The average molecular weight is 341 g/mol. The second-order valence-electron chi connectivity index (χ2n) is 4.52. The van der Waals surface area contributed by atoms with Gasteiger partial charge in [-0.3, -0.25) is 4.79 Å². The van der Waals surface area contributed by atoms with Crippen molar-refractivity contribution in [2.45, 2.75) is 25.5 Å². The number of rotatable bonds is 4. The molecular weight excluding hydrogens is 325 g/mol. The molecule has 0 spiro atoms. The van der Waals surface area contributed by atoms with E-state index in [1.54, 1.807) is 0 Å². The number of carbonyl (C=O) groups excluding carboxylic acids is 1. The standard InChI is InChI=1S/C13H15ClF2N2O2.ClH/c14-8-1-2-11(20-13(15)16)10(7-8)12(19)18-9-3-5-17-6-4-9;/h1-2,7,9,13,17H,3-6H2,(H,18,19);1H. The molecule has 1 fully saturated rings. The van der Waals surface area contributed by atoms with Crippen molar-refractivity contribution >= 4 is 29.9 Å². The van der Waals surface area contributed by atoms with Gasteiger partial charge in [0.1, 0.15) is 5.75 Å². The van der Waals surface area contributed by atoms with Gasteiger partial charge >= 0.3 is 6.61 Å². The van der Waals surface area contributed by atoms with Gasteiger partial charge in [-0.15, -0.1) is 12.4 Å². The van der Waals surface area contributed by atoms with E-state index < -0.39 is 12.5 Å². The lowest BCUT2D eigenvalue weighted by Crippen LogP contribution is -2.42. The molecule has 0 unspecified atom stereocenters. The largest absolute Gasteiger partial charge is 0.434 e. The molecule has 2 rings (SSSR count). The fourth-order valence-electron chi connectivity index (χ4n) is 2.11. The van der Waals surface area contributed by atoms with Crippen LogP contribution in [-0.2, 0) is 0 Å². The Morgan fingerprint density at radius 2 is 2.05 bits per heavy atom. The van der Waals surface area contributed by atoms with Gasteiger partial charge in [0.25, 0.3) is 5.91 Å². The third-order valence-corrected chi connectivity index (χ3v) is 3.31. The van der Waals surface area contributed by atoms with Crippen LogP contribution in [0.2, 0.25) is 5.02 Å². The zero-order valence-corrected chi connectivity index (χ0v) is 12.6. The highest BCUT2D eigenvalue weighted by atomic mass is 35.5. The molecule has 118 valence electrons. The Kier molecular flexibility index (Phi) is 7.14. The Bertz CT molecular complexity index is 483. The van der Waals surface area contributed by atoms with Gasteiger partial charge in [-0.2, -0.15) is 8.78 Å². The molecule has 21 heavy (non-hydrogen) atoms. The van der Waals surface area contributed by atoms with E-state index in [1.807, 2.05) is 0 Å². The molecule has 0 atom stereocenters. The summed E-state index contributed by atoms with van der Waals surface area (Å²) in [4.78, 5) is 12.2. The lowest BCUT2D eigenvalue weighted by molar-refractivity contribution is -0.0501. The predicted octanol–water partition coefficient (Wildman–Crippen LogP) is 2.85. The van der Waals surface area contributed by atoms with Gasteiger partial charge in [0, 0.05) is 11.1 Å². The Morgan fingerprint density at radius 3 is 2.67 bits per heavy atom. The molecule has 4 nitrogen and oxygen atoms in total. The van der Waals surface area contributed by atoms with Crippen LogP contribution in [0.3, 0.4) is 0 Å². The minimum atomic E-state index is -2.98. The third-order valence-electron chi connectivity index (χ3n) is 3.08. The van der Waals surface area contributed by atoms with Crippen LogP contribution in [0.15, 0.2) is 18.2 Å². The predicted molar refractivity (Wildman–Crippen MR) is 78.7 cm³/mol. The molecule has 1 aromatic rings. The molecule has 0 aromatic heterocycles. The van der Waals surface area contributed by atoms with E-state index >= 15 is 0 Å². The van der Waals surface area contributed by atoms with Gasteiger partial charge in [0.2, 0.25) is 0 Å². The number of nitrogens with one attached hydrogen (secondary N) is 2. The first-order chi connectivity index (χ1) is 9.56.